The summed E-state index contributed by atoms with van der Waals surface area (Å²) < 4.78 is 2.31. The van der Waals surface area contributed by atoms with Gasteiger partial charge in [0.15, 0.2) is 5.71 Å². The van der Waals surface area contributed by atoms with Gasteiger partial charge in [0.1, 0.15) is 7.05 Å². The first kappa shape index (κ1) is 28.2. The molecule has 0 radical (unpaired) electrons. The predicted molar refractivity (Wildman–Crippen MR) is 169 cm³/mol. The van der Waals surface area contributed by atoms with Crippen molar-refractivity contribution in [3.05, 3.63) is 106 Å². The maximum atomic E-state index is 11.4. The number of carboxylic acid groups (broad SMARTS) is 1. The Morgan fingerprint density at radius 2 is 1.68 bits per heavy atom. The van der Waals surface area contributed by atoms with Crippen LogP contribution in [0.2, 0.25) is 0 Å². The molecule has 40 heavy (non-hydrogen) atoms. The van der Waals surface area contributed by atoms with E-state index in [1.165, 1.54) is 50.0 Å². The van der Waals surface area contributed by atoms with Crippen LogP contribution < -0.4 is 4.90 Å². The highest BCUT2D eigenvalue weighted by Crippen LogP contribution is 2.47. The molecule has 4 nitrogen and oxygen atoms in total. The van der Waals surface area contributed by atoms with Crippen molar-refractivity contribution in [1.82, 2.24) is 0 Å². The summed E-state index contributed by atoms with van der Waals surface area (Å²) in [7, 11) is 4.31. The Hall–Kier alpha value is -3.31. The van der Waals surface area contributed by atoms with Crippen LogP contribution in [0.1, 0.15) is 64.5 Å². The van der Waals surface area contributed by atoms with E-state index in [-0.39, 0.29) is 17.3 Å². The highest BCUT2D eigenvalue weighted by atomic mass is 32.2. The number of carbonyl (C=O) groups is 1. The van der Waals surface area contributed by atoms with Crippen molar-refractivity contribution in [2.24, 2.45) is 0 Å². The molecule has 1 N–H and O–H groups in total. The van der Waals surface area contributed by atoms with Gasteiger partial charge in [0.2, 0.25) is 5.69 Å². The van der Waals surface area contributed by atoms with Crippen LogP contribution in [0.25, 0.3) is 0 Å². The lowest BCUT2D eigenvalue weighted by atomic mass is 9.81. The zero-order chi connectivity index (χ0) is 28.7. The number of rotatable bonds is 7. The van der Waals surface area contributed by atoms with E-state index in [2.05, 4.69) is 124 Å². The molecule has 5 rings (SSSR count). The molecule has 0 atom stereocenters. The summed E-state index contributed by atoms with van der Waals surface area (Å²) in [5, 5.41) is 9.33. The van der Waals surface area contributed by atoms with Crippen molar-refractivity contribution < 1.29 is 14.5 Å². The van der Waals surface area contributed by atoms with Crippen molar-refractivity contribution in [3.63, 3.8) is 0 Å². The van der Waals surface area contributed by atoms with Gasteiger partial charge < -0.3 is 10.0 Å². The third-order valence-electron chi connectivity index (χ3n) is 8.80. The van der Waals surface area contributed by atoms with Crippen molar-refractivity contribution >= 4 is 34.8 Å². The number of carboxylic acids is 1. The fourth-order valence-corrected chi connectivity index (χ4v) is 7.80. The van der Waals surface area contributed by atoms with Gasteiger partial charge in [-0.25, -0.2) is 0 Å². The summed E-state index contributed by atoms with van der Waals surface area (Å²) in [5.41, 5.74) is 10.2. The van der Waals surface area contributed by atoms with Crippen LogP contribution in [-0.4, -0.2) is 41.2 Å². The van der Waals surface area contributed by atoms with Crippen LogP contribution in [0, 0.1) is 0 Å². The average molecular weight is 554 g/mol. The molecule has 2 aromatic carbocycles. The zero-order valence-corrected chi connectivity index (χ0v) is 25.4. The fourth-order valence-electron chi connectivity index (χ4n) is 6.61. The second-order valence-electron chi connectivity index (χ2n) is 12.1. The van der Waals surface area contributed by atoms with Gasteiger partial charge in [-0.15, -0.1) is 11.8 Å². The summed E-state index contributed by atoms with van der Waals surface area (Å²) in [6.45, 7) is 9.18. The molecular formula is C35H41N2O2S+. The van der Waals surface area contributed by atoms with E-state index in [1.54, 1.807) is 11.8 Å². The molecule has 2 aliphatic heterocycles. The van der Waals surface area contributed by atoms with Crippen molar-refractivity contribution in [2.75, 3.05) is 24.7 Å². The van der Waals surface area contributed by atoms with Crippen molar-refractivity contribution in [1.29, 1.82) is 0 Å². The molecule has 0 amide bonds. The number of thioether (sulfide) groups is 1. The van der Waals surface area contributed by atoms with E-state index in [4.69, 9.17) is 0 Å². The van der Waals surface area contributed by atoms with Crippen LogP contribution >= 0.6 is 11.8 Å². The predicted octanol–water partition coefficient (Wildman–Crippen LogP) is 8.13. The Kier molecular flexibility index (Phi) is 7.71. The van der Waals surface area contributed by atoms with Gasteiger partial charge in [-0.05, 0) is 62.0 Å². The van der Waals surface area contributed by atoms with Crippen LogP contribution in [0.4, 0.5) is 11.4 Å². The Bertz CT molecular complexity index is 1500. The molecule has 0 spiro atoms. The number of hydrogen-bond donors (Lipinski definition) is 1. The molecule has 5 heteroatoms. The first-order chi connectivity index (χ1) is 19.0. The number of nitrogens with zero attached hydrogens (tertiary/aromatic N) is 2. The Morgan fingerprint density at radius 1 is 0.975 bits per heavy atom. The van der Waals surface area contributed by atoms with Gasteiger partial charge in [0.05, 0.1) is 11.8 Å². The summed E-state index contributed by atoms with van der Waals surface area (Å²) in [6.07, 6.45) is 12.4. The van der Waals surface area contributed by atoms with E-state index in [9.17, 15) is 9.90 Å². The molecule has 208 valence electrons. The lowest BCUT2D eigenvalue weighted by Crippen LogP contribution is -2.26. The van der Waals surface area contributed by atoms with Crippen LogP contribution in [0.5, 0.6) is 0 Å². The molecule has 2 heterocycles. The third-order valence-corrected chi connectivity index (χ3v) is 10.0. The molecule has 3 aliphatic rings. The molecule has 0 aromatic heterocycles. The number of hydrogen-bond acceptors (Lipinski definition) is 3. The summed E-state index contributed by atoms with van der Waals surface area (Å²) >= 11 is 1.70. The molecular weight excluding hydrogens is 512 g/mol. The number of likely N-dealkylation sites (N-methyl/N-ethyl adjacent to an activating group) is 1. The van der Waals surface area contributed by atoms with Crippen LogP contribution in [0.3, 0.4) is 0 Å². The van der Waals surface area contributed by atoms with Gasteiger partial charge in [-0.1, -0.05) is 62.4 Å². The minimum absolute atomic E-state index is 0.0790. The molecule has 1 aliphatic carbocycles. The quantitative estimate of drug-likeness (QED) is 0.352. The smallest absolute Gasteiger partial charge is 0.304 e. The average Bonchev–Trinajstić information content (AvgIpc) is 3.24. The number of anilines is 1. The number of aliphatic carboxylic acids is 1. The number of benzene rings is 2. The molecule has 0 unspecified atom stereocenters. The SMILES string of the molecule is CN1/C(=C/C=C2\CCCC(/C=C/C3=[N+](C)c4ccccc4C3(C)C)=C2SCCC(=O)O)C(C)(C)c2ccccc21. The largest absolute Gasteiger partial charge is 0.481 e. The second kappa shape index (κ2) is 10.9. The first-order valence-electron chi connectivity index (χ1n) is 14.2. The minimum atomic E-state index is -0.747. The summed E-state index contributed by atoms with van der Waals surface area (Å²) in [5.74, 6) is -0.177. The van der Waals surface area contributed by atoms with Crippen molar-refractivity contribution in [3.8, 4) is 0 Å². The number of allylic oxidation sites excluding steroid dienone is 7. The van der Waals surface area contributed by atoms with Crippen LogP contribution in [0.15, 0.2) is 94.6 Å². The summed E-state index contributed by atoms with van der Waals surface area (Å²) in [4.78, 5) is 14.9. The highest BCUT2D eigenvalue weighted by molar-refractivity contribution is 8.03. The molecule has 0 saturated heterocycles. The molecule has 2 aromatic rings. The topological polar surface area (TPSA) is 43.5 Å². The highest BCUT2D eigenvalue weighted by Gasteiger charge is 2.42. The third kappa shape index (κ3) is 5.01. The van der Waals surface area contributed by atoms with Gasteiger partial charge in [-0.2, -0.15) is 4.58 Å². The monoisotopic (exact) mass is 553 g/mol. The molecule has 0 saturated carbocycles. The zero-order valence-electron chi connectivity index (χ0n) is 24.6. The fraction of sp³-hybridized carbons (Fsp3) is 0.371. The summed E-state index contributed by atoms with van der Waals surface area (Å²) in [6, 6.07) is 17.3. The Balaban J connectivity index is 1.52. The molecule has 0 fully saturated rings. The van der Waals surface area contributed by atoms with E-state index < -0.39 is 5.97 Å². The lowest BCUT2D eigenvalue weighted by molar-refractivity contribution is -0.401. The molecule has 0 bridgehead atoms. The maximum Gasteiger partial charge on any atom is 0.304 e. The van der Waals surface area contributed by atoms with Gasteiger partial charge in [0.25, 0.3) is 0 Å². The van der Waals surface area contributed by atoms with E-state index in [0.29, 0.717) is 5.75 Å². The standard InChI is InChI=1S/C35H40N2O2S/c1-34(2)26-14-7-9-16-28(26)36(5)30(34)20-18-24-12-11-13-25(33(24)40-23-22-32(38)39)19-21-31-35(3,4)27-15-8-10-17-29(27)37(31)6/h7-10,14-21H,11-13,22-23H2,1-6H3/p+1. The minimum Gasteiger partial charge on any atom is -0.481 e. The van der Waals surface area contributed by atoms with Crippen molar-refractivity contribution in [2.45, 2.75) is 64.2 Å². The van der Waals surface area contributed by atoms with Gasteiger partial charge >= 0.3 is 5.97 Å². The Morgan fingerprint density at radius 3 is 2.38 bits per heavy atom. The van der Waals surface area contributed by atoms with Gasteiger partial charge in [0, 0.05) is 52.2 Å². The van der Waals surface area contributed by atoms with Crippen LogP contribution in [-0.2, 0) is 15.6 Å². The second-order valence-corrected chi connectivity index (χ2v) is 13.2. The lowest BCUT2D eigenvalue weighted by Gasteiger charge is -2.25. The Labute approximate surface area is 243 Å². The van der Waals surface area contributed by atoms with Gasteiger partial charge in [-0.3, -0.25) is 4.79 Å². The first-order valence-corrected chi connectivity index (χ1v) is 15.2. The van der Waals surface area contributed by atoms with E-state index >= 15 is 0 Å². The number of fused-ring (bicyclic) bond motifs is 2. The number of para-hydroxylation sites is 2. The maximum absolute atomic E-state index is 11.4. The van der Waals surface area contributed by atoms with E-state index in [1.807, 2.05) is 0 Å². The van der Waals surface area contributed by atoms with E-state index in [0.717, 1.165) is 19.3 Å². The normalized spacial score (nSPS) is 21.6.